The van der Waals surface area contributed by atoms with Crippen LogP contribution in [0.3, 0.4) is 0 Å². The number of aromatic nitrogens is 4. The van der Waals surface area contributed by atoms with Gasteiger partial charge in [-0.25, -0.2) is 75.0 Å². The van der Waals surface area contributed by atoms with Crippen molar-refractivity contribution in [2.45, 2.75) is 196 Å². The van der Waals surface area contributed by atoms with Crippen molar-refractivity contribution in [3.05, 3.63) is 222 Å². The van der Waals surface area contributed by atoms with Gasteiger partial charge in [0, 0.05) is 89.6 Å². The van der Waals surface area contributed by atoms with Crippen LogP contribution >= 0.6 is 47.2 Å². The number of nitrogens with zero attached hydrogens (tertiary/aromatic N) is 16. The van der Waals surface area contributed by atoms with Crippen molar-refractivity contribution < 1.29 is 58.6 Å². The number of carbonyl (C=O) groups excluding carboxylic acids is 6. The van der Waals surface area contributed by atoms with Gasteiger partial charge in [-0.2, -0.15) is 0 Å². The monoisotopic (exact) mass is 1790 g/mol. The van der Waals surface area contributed by atoms with E-state index in [2.05, 4.69) is 66.7 Å². The molecule has 8 atom stereocenters. The molecule has 119 heavy (non-hydrogen) atoms. The SMILES string of the molecule is C.C.I.[C-]#[N+]C[C@H]1CN(C(=O)OC(C)(C)C)[C@@H](C)CN1C(=O)OCc1ccccc1.[C-]#[N+]C[C@H]1CN(c2nc(Cl)nc3c2CCN(C(=O)OC(C)(C)C)C3)[C@@H](C)CN1C(=O)OCc1ccccc1.[C-]#[N+]C[C@H]1CN(c2nc(Cl)nc3c2CCNC3)[C@@H](C)CN1C(=O)OCc1ccccc1.[C-]#[N+]C[C@H]1CN[C@@H](C)CN1C(=O)OCc1ccccc1.[HH]. The summed E-state index contributed by atoms with van der Waals surface area (Å²) in [4.78, 5) is 122. The Kier molecular flexibility index (Phi) is 38.2. The minimum Gasteiger partial charge on any atom is -0.445 e. The number of halogens is 3. The third-order valence-electron chi connectivity index (χ3n) is 19.8. The summed E-state index contributed by atoms with van der Waals surface area (Å²) in [5.41, 5.74) is 6.10. The number of carbonyl (C=O) groups is 6. The van der Waals surface area contributed by atoms with E-state index in [0.29, 0.717) is 83.4 Å². The Morgan fingerprint density at radius 2 is 0.807 bits per heavy atom. The lowest BCUT2D eigenvalue weighted by Crippen LogP contribution is -2.61. The maximum absolute atomic E-state index is 13.0. The molecule has 6 aliphatic heterocycles. The minimum atomic E-state index is -0.599. The highest BCUT2D eigenvalue weighted by Gasteiger charge is 2.44. The van der Waals surface area contributed by atoms with E-state index >= 15 is 0 Å². The summed E-state index contributed by atoms with van der Waals surface area (Å²) in [7, 11) is 0. The van der Waals surface area contributed by atoms with Crippen molar-refractivity contribution in [1.82, 2.24) is 60.0 Å². The molecule has 0 aliphatic carbocycles. The van der Waals surface area contributed by atoms with Gasteiger partial charge in [0.1, 0.15) is 73.4 Å². The van der Waals surface area contributed by atoms with Gasteiger partial charge in [-0.1, -0.05) is 136 Å². The smallest absolute Gasteiger partial charge is 0.410 e. The molecule has 6 aromatic rings. The van der Waals surface area contributed by atoms with Crippen LogP contribution in [0.1, 0.15) is 130 Å². The largest absolute Gasteiger partial charge is 0.445 e. The first-order chi connectivity index (χ1) is 55.5. The molecule has 4 saturated heterocycles. The van der Waals surface area contributed by atoms with Crippen molar-refractivity contribution in [2.24, 2.45) is 0 Å². The summed E-state index contributed by atoms with van der Waals surface area (Å²) in [5, 5.41) is 6.90. The van der Waals surface area contributed by atoms with Gasteiger partial charge in [0.05, 0.1) is 30.5 Å². The van der Waals surface area contributed by atoms with E-state index in [0.717, 1.165) is 57.9 Å². The normalized spacial score (nSPS) is 19.8. The zero-order chi connectivity index (χ0) is 83.6. The molecule has 4 aromatic carbocycles. The van der Waals surface area contributed by atoms with E-state index in [1.165, 1.54) is 0 Å². The van der Waals surface area contributed by atoms with Crippen molar-refractivity contribution >= 4 is 95.4 Å². The highest BCUT2D eigenvalue weighted by Crippen LogP contribution is 2.34. The second-order valence-electron chi connectivity index (χ2n) is 31.1. The maximum Gasteiger partial charge on any atom is 0.410 e. The average molecular weight is 1790 g/mol. The van der Waals surface area contributed by atoms with Gasteiger partial charge in [-0.3, -0.25) is 19.6 Å². The predicted octanol–water partition coefficient (Wildman–Crippen LogP) is 15.1. The van der Waals surface area contributed by atoms with Crippen molar-refractivity contribution in [3.63, 3.8) is 0 Å². The van der Waals surface area contributed by atoms with Gasteiger partial charge < -0.3 is 78.0 Å². The quantitative estimate of drug-likeness (QED) is 0.0444. The second kappa shape index (κ2) is 46.7. The maximum atomic E-state index is 13.0. The number of ether oxygens (including phenoxy) is 6. The number of nitrogens with one attached hydrogen (secondary N) is 2. The summed E-state index contributed by atoms with van der Waals surface area (Å²) >= 11 is 12.6. The Labute approximate surface area is 729 Å². The molecular formula is C86H115Cl2IN18O12. The number of anilines is 2. The molecule has 642 valence electrons. The number of piperazine rings is 4. The third kappa shape index (κ3) is 28.6. The first-order valence-electron chi connectivity index (χ1n) is 38.8. The highest BCUT2D eigenvalue weighted by atomic mass is 127. The van der Waals surface area contributed by atoms with Crippen LogP contribution in [0.4, 0.5) is 40.4 Å². The van der Waals surface area contributed by atoms with Crippen molar-refractivity contribution in [2.75, 3.05) is 101 Å². The molecule has 0 bridgehead atoms. The number of amides is 6. The highest BCUT2D eigenvalue weighted by molar-refractivity contribution is 14.0. The van der Waals surface area contributed by atoms with E-state index in [9.17, 15) is 28.8 Å². The van der Waals surface area contributed by atoms with E-state index in [1.807, 2.05) is 184 Å². The predicted molar refractivity (Wildman–Crippen MR) is 469 cm³/mol. The Balaban J connectivity index is 0.000000288. The van der Waals surface area contributed by atoms with Gasteiger partial charge in [0.25, 0.3) is 0 Å². The van der Waals surface area contributed by atoms with Crippen LogP contribution in [0, 0.1) is 26.3 Å². The Morgan fingerprint density at radius 1 is 0.454 bits per heavy atom. The van der Waals surface area contributed by atoms with Crippen LogP contribution in [-0.2, 0) is 80.8 Å². The van der Waals surface area contributed by atoms with Crippen LogP contribution in [0.25, 0.3) is 19.4 Å². The lowest BCUT2D eigenvalue weighted by Gasteiger charge is -2.44. The van der Waals surface area contributed by atoms with Crippen molar-refractivity contribution in [3.8, 4) is 0 Å². The molecule has 33 heteroatoms. The molecule has 6 amide bonds. The van der Waals surface area contributed by atoms with Crippen LogP contribution < -0.4 is 20.4 Å². The fourth-order valence-electron chi connectivity index (χ4n) is 14.0. The van der Waals surface area contributed by atoms with Crippen LogP contribution in [0.2, 0.25) is 10.6 Å². The van der Waals surface area contributed by atoms with Gasteiger partial charge in [0.2, 0.25) is 36.7 Å². The van der Waals surface area contributed by atoms with Gasteiger partial charge in [0.15, 0.2) is 0 Å². The van der Waals surface area contributed by atoms with Gasteiger partial charge in [-0.05, 0) is 134 Å². The molecule has 4 fully saturated rings. The number of hydrogen-bond donors (Lipinski definition) is 2. The van der Waals surface area contributed by atoms with E-state index < -0.39 is 47.7 Å². The minimum absolute atomic E-state index is 0. The molecule has 6 aliphatic rings. The average Bonchev–Trinajstić information content (AvgIpc) is 0.766. The van der Waals surface area contributed by atoms with Crippen LogP contribution in [0.15, 0.2) is 121 Å². The first kappa shape index (κ1) is 97.3. The molecule has 2 N–H and O–H groups in total. The van der Waals surface area contributed by atoms with Gasteiger partial charge >= 0.3 is 36.6 Å². The van der Waals surface area contributed by atoms with E-state index in [-0.39, 0.29) is 158 Å². The molecule has 12 rings (SSSR count). The molecular weight excluding hydrogens is 1670 g/mol. The van der Waals surface area contributed by atoms with E-state index in [4.69, 9.17) is 77.9 Å². The first-order valence-corrected chi connectivity index (χ1v) is 39.6. The Bertz CT molecular complexity index is 4480. The lowest BCUT2D eigenvalue weighted by molar-refractivity contribution is -0.0120. The lowest BCUT2D eigenvalue weighted by atomic mass is 10.0. The Morgan fingerprint density at radius 3 is 1.20 bits per heavy atom. The summed E-state index contributed by atoms with van der Waals surface area (Å²) in [6.07, 6.45) is -1.10. The molecule has 0 spiro atoms. The zero-order valence-electron chi connectivity index (χ0n) is 67.9. The number of rotatable bonds is 14. The molecule has 8 heterocycles. The molecule has 30 nitrogen and oxygen atoms in total. The van der Waals surface area contributed by atoms with Gasteiger partial charge in [-0.15, -0.1) is 24.0 Å². The topological polar surface area (TPSA) is 277 Å². The number of hydrogen-bond acceptors (Lipinski definition) is 20. The third-order valence-corrected chi connectivity index (χ3v) is 20.2. The molecule has 0 unspecified atom stereocenters. The summed E-state index contributed by atoms with van der Waals surface area (Å²) in [6.45, 7) is 55.2. The standard InChI is InChI=1S/C27H33ClN6O4.C22H25ClN6O2.C20H27N3O4.C15H19N3O2.2CH4.HI.H2/c1-18-14-34(26(36)37-17-19-9-7-6-8-10-19)20(13-29-5)15-33(18)23-21-11-12-32(25(35)38-27(2,3)4)16-22(21)30-24(28)31-23;1-15-12-29(22(30)31-14-16-6-4-3-5-7-16)17(10-24-2)13-28(15)20-18-8-9-25-11-19(18)26-21(23)27-20;1-15-12-23(18(24)26-14-16-9-7-6-8-10-16)17(11-21-5)13-22(15)19(25)27-20(2,3)4;1-12-10-18(14(8-16-2)9-17-12)15(19)20-11-13-6-4-3-5-7-13;;;;/h6-10,18,20H,11-17H2,1-4H3;3-7,15,17,25H,8-14H2,1H3;6-10,15,17H,11-14H2,1-4H3;3-7,12,14,17H,8-11H2,1H3;2*1H4;2*1H/t18-,20-;2*15-,17-;12-,14-;;;;/m0000..../s1. The zero-order valence-corrected chi connectivity index (χ0v) is 71.8. The summed E-state index contributed by atoms with van der Waals surface area (Å²) in [6, 6.07) is 36.8. The summed E-state index contributed by atoms with van der Waals surface area (Å²) < 4.78 is 32.9. The second-order valence-corrected chi connectivity index (χ2v) is 31.8. The fourth-order valence-corrected chi connectivity index (χ4v) is 14.4. The van der Waals surface area contributed by atoms with Crippen LogP contribution in [-0.4, -0.2) is 237 Å². The summed E-state index contributed by atoms with van der Waals surface area (Å²) in [5.74, 6) is 1.50. The number of fused-ring (bicyclic) bond motifs is 2. The fraction of sp³-hybridized carbons (Fsp3) is 0.512. The molecule has 0 radical (unpaired) electrons. The van der Waals surface area contributed by atoms with Crippen LogP contribution in [0.5, 0.6) is 0 Å². The number of benzene rings is 4. The van der Waals surface area contributed by atoms with Crippen molar-refractivity contribution in [1.29, 1.82) is 0 Å². The van der Waals surface area contributed by atoms with E-state index in [1.54, 1.807) is 29.4 Å². The Hall–Kier alpha value is -10.6. The molecule has 2 aromatic heterocycles. The molecule has 0 saturated carbocycles.